The number of aliphatic hydroxyl groups is 1. The quantitative estimate of drug-likeness (QED) is 0.630. The molecule has 1 fully saturated rings. The molecule has 0 aromatic rings. The summed E-state index contributed by atoms with van der Waals surface area (Å²) in [6.07, 6.45) is 1.25. The van der Waals surface area contributed by atoms with Gasteiger partial charge in [-0.3, -0.25) is 9.69 Å². The molecule has 4 nitrogen and oxygen atoms in total. The minimum absolute atomic E-state index is 0.119. The van der Waals surface area contributed by atoms with Crippen LogP contribution in [-0.2, 0) is 9.53 Å². The predicted octanol–water partition coefficient (Wildman–Crippen LogP) is 0.00460. The van der Waals surface area contributed by atoms with Gasteiger partial charge in [0, 0.05) is 13.1 Å². The van der Waals surface area contributed by atoms with Gasteiger partial charge >= 0.3 is 5.97 Å². The molecule has 1 saturated heterocycles. The zero-order valence-corrected chi connectivity index (χ0v) is 8.19. The summed E-state index contributed by atoms with van der Waals surface area (Å²) in [5, 5.41) is 9.37. The predicted molar refractivity (Wildman–Crippen MR) is 48.3 cm³/mol. The Labute approximate surface area is 78.5 Å². The Morgan fingerprint density at radius 3 is 2.85 bits per heavy atom. The van der Waals surface area contributed by atoms with E-state index in [1.54, 1.807) is 0 Å². The molecule has 2 atom stereocenters. The number of carbonyl (C=O) groups excluding carboxylic acids is 1. The van der Waals surface area contributed by atoms with Gasteiger partial charge in [-0.25, -0.2) is 0 Å². The fourth-order valence-electron chi connectivity index (χ4n) is 1.46. The minimum atomic E-state index is -0.326. The van der Waals surface area contributed by atoms with Crippen molar-refractivity contribution in [1.29, 1.82) is 0 Å². The Hall–Kier alpha value is -0.610. The normalized spacial score (nSPS) is 25.0. The summed E-state index contributed by atoms with van der Waals surface area (Å²) in [5.74, 6) is -0.186. The highest BCUT2D eigenvalue weighted by molar-refractivity contribution is 5.76. The van der Waals surface area contributed by atoms with Crippen molar-refractivity contribution in [3.63, 3.8) is 0 Å². The maximum atomic E-state index is 11.1. The van der Waals surface area contributed by atoms with Crippen molar-refractivity contribution in [2.45, 2.75) is 31.9 Å². The third kappa shape index (κ3) is 2.42. The van der Waals surface area contributed by atoms with E-state index in [1.165, 1.54) is 7.11 Å². The number of β-amino-alcohol motifs (C(OH)–C–C–N with tert-alkyl or cyclic N) is 1. The van der Waals surface area contributed by atoms with E-state index >= 15 is 0 Å². The first-order valence-electron chi connectivity index (χ1n) is 4.69. The van der Waals surface area contributed by atoms with E-state index in [9.17, 15) is 9.90 Å². The van der Waals surface area contributed by atoms with Crippen LogP contribution in [0.1, 0.15) is 19.8 Å². The second kappa shape index (κ2) is 4.58. The van der Waals surface area contributed by atoms with Crippen LogP contribution in [0.3, 0.4) is 0 Å². The molecular formula is C9H17NO3. The van der Waals surface area contributed by atoms with Gasteiger partial charge in [-0.2, -0.15) is 0 Å². The first-order chi connectivity index (χ1) is 6.19. The van der Waals surface area contributed by atoms with Crippen molar-refractivity contribution in [3.8, 4) is 0 Å². The van der Waals surface area contributed by atoms with Crippen LogP contribution in [0.2, 0.25) is 0 Å². The Morgan fingerprint density at radius 2 is 2.46 bits per heavy atom. The van der Waals surface area contributed by atoms with Crippen LogP contribution < -0.4 is 0 Å². The molecule has 0 aliphatic carbocycles. The second-order valence-electron chi connectivity index (χ2n) is 3.38. The van der Waals surface area contributed by atoms with E-state index in [0.29, 0.717) is 6.54 Å². The fourth-order valence-corrected chi connectivity index (χ4v) is 1.46. The molecule has 2 unspecified atom stereocenters. The van der Waals surface area contributed by atoms with Gasteiger partial charge < -0.3 is 9.84 Å². The molecule has 1 rings (SSSR count). The highest BCUT2D eigenvalue weighted by atomic mass is 16.5. The molecule has 0 saturated carbocycles. The van der Waals surface area contributed by atoms with Gasteiger partial charge in [-0.05, 0) is 12.8 Å². The van der Waals surface area contributed by atoms with Gasteiger partial charge in [-0.15, -0.1) is 0 Å². The van der Waals surface area contributed by atoms with Crippen molar-refractivity contribution in [3.05, 3.63) is 0 Å². The average molecular weight is 187 g/mol. The van der Waals surface area contributed by atoms with E-state index < -0.39 is 0 Å². The summed E-state index contributed by atoms with van der Waals surface area (Å²) in [7, 11) is 1.40. The van der Waals surface area contributed by atoms with Gasteiger partial charge in [-0.1, -0.05) is 6.92 Å². The van der Waals surface area contributed by atoms with Crippen LogP contribution in [-0.4, -0.2) is 48.3 Å². The molecule has 1 heterocycles. The van der Waals surface area contributed by atoms with Gasteiger partial charge in [0.15, 0.2) is 0 Å². The van der Waals surface area contributed by atoms with Gasteiger partial charge in [0.2, 0.25) is 0 Å². The molecule has 0 aromatic carbocycles. The van der Waals surface area contributed by atoms with Crippen LogP contribution in [0.15, 0.2) is 0 Å². The molecular weight excluding hydrogens is 170 g/mol. The second-order valence-corrected chi connectivity index (χ2v) is 3.38. The summed E-state index contributed by atoms with van der Waals surface area (Å²) in [5.41, 5.74) is 0. The van der Waals surface area contributed by atoms with Crippen LogP contribution in [0.25, 0.3) is 0 Å². The first-order valence-corrected chi connectivity index (χ1v) is 4.69. The zero-order chi connectivity index (χ0) is 9.84. The van der Waals surface area contributed by atoms with Crippen molar-refractivity contribution in [2.75, 3.05) is 20.2 Å². The largest absolute Gasteiger partial charge is 0.468 e. The van der Waals surface area contributed by atoms with Gasteiger partial charge in [0.05, 0.1) is 13.2 Å². The lowest BCUT2D eigenvalue weighted by Gasteiger charge is -2.39. The number of carbonyl (C=O) groups is 1. The standard InChI is InChI=1S/C9H17NO3/c1-3-7(11)6-10-5-4-8(10)9(12)13-2/h7-8,11H,3-6H2,1-2H3. The lowest BCUT2D eigenvalue weighted by Crippen LogP contribution is -2.54. The molecule has 0 radical (unpaired) electrons. The zero-order valence-electron chi connectivity index (χ0n) is 8.19. The number of methoxy groups -OCH3 is 1. The highest BCUT2D eigenvalue weighted by Gasteiger charge is 2.35. The number of rotatable bonds is 4. The van der Waals surface area contributed by atoms with E-state index in [4.69, 9.17) is 0 Å². The minimum Gasteiger partial charge on any atom is -0.468 e. The van der Waals surface area contributed by atoms with Crippen molar-refractivity contribution < 1.29 is 14.6 Å². The van der Waals surface area contributed by atoms with Crippen molar-refractivity contribution >= 4 is 5.97 Å². The van der Waals surface area contributed by atoms with Crippen LogP contribution in [0, 0.1) is 0 Å². The number of ether oxygens (including phenoxy) is 1. The van der Waals surface area contributed by atoms with Crippen molar-refractivity contribution in [2.24, 2.45) is 0 Å². The summed E-state index contributed by atoms with van der Waals surface area (Å²) < 4.78 is 4.64. The number of nitrogens with zero attached hydrogens (tertiary/aromatic N) is 1. The summed E-state index contributed by atoms with van der Waals surface area (Å²) in [6.45, 7) is 3.39. The summed E-state index contributed by atoms with van der Waals surface area (Å²) in [4.78, 5) is 13.1. The molecule has 1 N–H and O–H groups in total. The van der Waals surface area contributed by atoms with Crippen molar-refractivity contribution in [1.82, 2.24) is 4.90 Å². The Bertz CT molecular complexity index is 184. The SMILES string of the molecule is CCC(O)CN1CCC1C(=O)OC. The van der Waals surface area contributed by atoms with E-state index in [1.807, 2.05) is 11.8 Å². The fraction of sp³-hybridized carbons (Fsp3) is 0.889. The van der Waals surface area contributed by atoms with Crippen LogP contribution in [0.5, 0.6) is 0 Å². The maximum absolute atomic E-state index is 11.1. The smallest absolute Gasteiger partial charge is 0.323 e. The summed E-state index contributed by atoms with van der Waals surface area (Å²) >= 11 is 0. The molecule has 13 heavy (non-hydrogen) atoms. The third-order valence-corrected chi connectivity index (χ3v) is 2.52. The lowest BCUT2D eigenvalue weighted by atomic mass is 10.0. The molecule has 1 aliphatic heterocycles. The topological polar surface area (TPSA) is 49.8 Å². The van der Waals surface area contributed by atoms with E-state index in [-0.39, 0.29) is 18.1 Å². The Kier molecular flexibility index (Phi) is 3.69. The molecule has 0 aromatic heterocycles. The number of aliphatic hydroxyl groups excluding tert-OH is 1. The Balaban J connectivity index is 2.32. The molecule has 0 bridgehead atoms. The third-order valence-electron chi connectivity index (χ3n) is 2.52. The molecule has 0 spiro atoms. The monoisotopic (exact) mass is 187 g/mol. The first kappa shape index (κ1) is 10.5. The van der Waals surface area contributed by atoms with E-state index in [0.717, 1.165) is 19.4 Å². The summed E-state index contributed by atoms with van der Waals surface area (Å²) in [6, 6.07) is -0.119. The molecule has 76 valence electrons. The molecule has 0 amide bonds. The molecule has 4 heteroatoms. The highest BCUT2D eigenvalue weighted by Crippen LogP contribution is 2.18. The number of esters is 1. The van der Waals surface area contributed by atoms with Crippen LogP contribution >= 0.6 is 0 Å². The van der Waals surface area contributed by atoms with E-state index in [2.05, 4.69) is 4.74 Å². The van der Waals surface area contributed by atoms with Crippen LogP contribution in [0.4, 0.5) is 0 Å². The number of hydrogen-bond acceptors (Lipinski definition) is 4. The maximum Gasteiger partial charge on any atom is 0.323 e. The lowest BCUT2D eigenvalue weighted by molar-refractivity contribution is -0.152. The number of hydrogen-bond donors (Lipinski definition) is 1. The van der Waals surface area contributed by atoms with Gasteiger partial charge in [0.1, 0.15) is 6.04 Å². The Morgan fingerprint density at radius 1 is 1.77 bits per heavy atom. The average Bonchev–Trinajstić information content (AvgIpc) is 2.11. The number of likely N-dealkylation sites (tertiary alicyclic amines) is 1. The molecule has 1 aliphatic rings. The van der Waals surface area contributed by atoms with Gasteiger partial charge in [0.25, 0.3) is 0 Å².